The minimum atomic E-state index is -0.253. The van der Waals surface area contributed by atoms with Crippen molar-refractivity contribution in [3.8, 4) is 0 Å². The van der Waals surface area contributed by atoms with Crippen LogP contribution >= 0.6 is 11.3 Å². The molecule has 108 valence electrons. The van der Waals surface area contributed by atoms with Crippen LogP contribution in [0, 0.1) is 0 Å². The van der Waals surface area contributed by atoms with Gasteiger partial charge in [0.15, 0.2) is 0 Å². The molecule has 0 spiro atoms. The predicted octanol–water partition coefficient (Wildman–Crippen LogP) is 3.27. The minimum Gasteiger partial charge on any atom is -0.370 e. The summed E-state index contributed by atoms with van der Waals surface area (Å²) in [6.07, 6.45) is 2.64. The Morgan fingerprint density at radius 2 is 1.95 bits per heavy atom. The molecule has 0 aliphatic rings. The lowest BCUT2D eigenvalue weighted by Crippen LogP contribution is -2.28. The average Bonchev–Trinajstić information content (AvgIpc) is 2.93. The maximum Gasteiger partial charge on any atom is 0.132 e. The number of aromatic nitrogens is 3. The van der Waals surface area contributed by atoms with Crippen molar-refractivity contribution >= 4 is 23.0 Å². The Labute approximate surface area is 123 Å². The molecule has 6 heteroatoms. The molecule has 0 radical (unpaired) electrons. The largest absolute Gasteiger partial charge is 0.370 e. The molecule has 2 aromatic rings. The second-order valence-corrected chi connectivity index (χ2v) is 5.92. The summed E-state index contributed by atoms with van der Waals surface area (Å²) in [5.41, 5.74) is -0.253. The molecule has 20 heavy (non-hydrogen) atoms. The highest BCUT2D eigenvalue weighted by atomic mass is 32.1. The Kier molecular flexibility index (Phi) is 4.54. The lowest BCUT2D eigenvalue weighted by Gasteiger charge is -2.25. The van der Waals surface area contributed by atoms with Gasteiger partial charge in [0.2, 0.25) is 0 Å². The van der Waals surface area contributed by atoms with Crippen LogP contribution in [0.5, 0.6) is 0 Å². The number of hydrogen-bond acceptors (Lipinski definition) is 6. The second-order valence-electron chi connectivity index (χ2n) is 5.03. The number of aryl methyl sites for hydroxylation is 1. The summed E-state index contributed by atoms with van der Waals surface area (Å²) in [5, 5.41) is 9.72. The highest BCUT2D eigenvalue weighted by Gasteiger charge is 2.23. The Bertz CT molecular complexity index is 551. The fourth-order valence-corrected chi connectivity index (χ4v) is 2.61. The summed E-state index contributed by atoms with van der Waals surface area (Å²) in [7, 11) is 0. The van der Waals surface area contributed by atoms with E-state index in [0.29, 0.717) is 0 Å². The maximum atomic E-state index is 4.54. The summed E-state index contributed by atoms with van der Waals surface area (Å²) in [6, 6.07) is 1.94. The van der Waals surface area contributed by atoms with Gasteiger partial charge in [0.05, 0.1) is 5.54 Å². The third-order valence-corrected chi connectivity index (χ3v) is 3.95. The van der Waals surface area contributed by atoms with Crippen LogP contribution in [0.4, 0.5) is 11.6 Å². The second kappa shape index (κ2) is 6.17. The van der Waals surface area contributed by atoms with Crippen molar-refractivity contribution in [3.63, 3.8) is 0 Å². The summed E-state index contributed by atoms with van der Waals surface area (Å²) in [4.78, 5) is 13.4. The molecule has 0 atom stereocenters. The number of thiazole rings is 1. The first-order chi connectivity index (χ1) is 9.55. The molecule has 2 heterocycles. The zero-order chi connectivity index (χ0) is 14.6. The Morgan fingerprint density at radius 3 is 2.55 bits per heavy atom. The summed E-state index contributed by atoms with van der Waals surface area (Å²) in [5.74, 6) is 2.52. The number of hydrogen-bond donors (Lipinski definition) is 2. The van der Waals surface area contributed by atoms with Crippen molar-refractivity contribution < 1.29 is 0 Å². The van der Waals surface area contributed by atoms with E-state index in [1.807, 2.05) is 17.6 Å². The topological polar surface area (TPSA) is 62.7 Å². The van der Waals surface area contributed by atoms with Crippen LogP contribution in [0.3, 0.4) is 0 Å². The number of anilines is 2. The molecule has 5 nitrogen and oxygen atoms in total. The van der Waals surface area contributed by atoms with Gasteiger partial charge >= 0.3 is 0 Å². The zero-order valence-electron chi connectivity index (χ0n) is 12.4. The van der Waals surface area contributed by atoms with Gasteiger partial charge in [-0.25, -0.2) is 15.0 Å². The monoisotopic (exact) mass is 291 g/mol. The quantitative estimate of drug-likeness (QED) is 0.855. The first-order valence-electron chi connectivity index (χ1n) is 6.85. The molecule has 0 fully saturated rings. The number of rotatable bonds is 6. The Morgan fingerprint density at radius 1 is 1.20 bits per heavy atom. The van der Waals surface area contributed by atoms with E-state index in [1.54, 1.807) is 11.3 Å². The van der Waals surface area contributed by atoms with Crippen molar-refractivity contribution in [2.45, 2.75) is 39.7 Å². The average molecular weight is 291 g/mol. The molecule has 0 amide bonds. The van der Waals surface area contributed by atoms with Crippen molar-refractivity contribution in [3.05, 3.63) is 28.5 Å². The molecule has 0 aliphatic heterocycles. The summed E-state index contributed by atoms with van der Waals surface area (Å²) >= 11 is 1.64. The lowest BCUT2D eigenvalue weighted by atomic mass is 10.1. The first kappa shape index (κ1) is 14.7. The van der Waals surface area contributed by atoms with Gasteiger partial charge in [-0.3, -0.25) is 0 Å². The lowest BCUT2D eigenvalue weighted by molar-refractivity contribution is 0.600. The summed E-state index contributed by atoms with van der Waals surface area (Å²) < 4.78 is 0. The van der Waals surface area contributed by atoms with Gasteiger partial charge in [-0.1, -0.05) is 6.92 Å². The molecule has 0 saturated carbocycles. The van der Waals surface area contributed by atoms with Gasteiger partial charge in [0.25, 0.3) is 0 Å². The highest BCUT2D eigenvalue weighted by Crippen LogP contribution is 2.27. The molecule has 0 unspecified atom stereocenters. The van der Waals surface area contributed by atoms with E-state index in [-0.39, 0.29) is 5.54 Å². The van der Waals surface area contributed by atoms with Gasteiger partial charge in [-0.15, -0.1) is 11.3 Å². The molecule has 2 N–H and O–H groups in total. The third-order valence-electron chi connectivity index (χ3n) is 2.85. The van der Waals surface area contributed by atoms with Gasteiger partial charge in [0.1, 0.15) is 22.5 Å². The standard InChI is InChI=1S/C14H21N5S/c1-5-10-17-11(15-6-2)9-12(18-10)19-14(3,4)13-16-7-8-20-13/h7-9H,5-6H2,1-4H3,(H2,15,17,18,19). The normalized spacial score (nSPS) is 11.4. The smallest absolute Gasteiger partial charge is 0.132 e. The fourth-order valence-electron chi connectivity index (χ4n) is 1.90. The molecule has 2 rings (SSSR count). The van der Waals surface area contributed by atoms with Crippen LogP contribution in [0.1, 0.15) is 38.5 Å². The van der Waals surface area contributed by atoms with Gasteiger partial charge in [-0.05, 0) is 20.8 Å². The van der Waals surface area contributed by atoms with E-state index >= 15 is 0 Å². The van der Waals surface area contributed by atoms with Gasteiger partial charge < -0.3 is 10.6 Å². The van der Waals surface area contributed by atoms with Crippen LogP contribution in [0.15, 0.2) is 17.6 Å². The van der Waals surface area contributed by atoms with Crippen LogP contribution in [0.25, 0.3) is 0 Å². The van der Waals surface area contributed by atoms with Crippen molar-refractivity contribution in [1.29, 1.82) is 0 Å². The van der Waals surface area contributed by atoms with Crippen molar-refractivity contribution in [2.24, 2.45) is 0 Å². The Balaban J connectivity index is 2.26. The van der Waals surface area contributed by atoms with E-state index < -0.39 is 0 Å². The Hall–Kier alpha value is -1.69. The number of nitrogens with zero attached hydrogens (tertiary/aromatic N) is 3. The van der Waals surface area contributed by atoms with Crippen LogP contribution in [-0.4, -0.2) is 21.5 Å². The fraction of sp³-hybridized carbons (Fsp3) is 0.500. The van der Waals surface area contributed by atoms with E-state index in [0.717, 1.165) is 35.4 Å². The molecule has 0 saturated heterocycles. The maximum absolute atomic E-state index is 4.54. The van der Waals surface area contributed by atoms with Gasteiger partial charge in [-0.2, -0.15) is 0 Å². The van der Waals surface area contributed by atoms with E-state index in [2.05, 4.69) is 53.3 Å². The molecular weight excluding hydrogens is 270 g/mol. The van der Waals surface area contributed by atoms with E-state index in [1.165, 1.54) is 0 Å². The number of nitrogens with one attached hydrogen (secondary N) is 2. The van der Waals surface area contributed by atoms with Crippen LogP contribution < -0.4 is 10.6 Å². The molecule has 0 aliphatic carbocycles. The third kappa shape index (κ3) is 3.45. The van der Waals surface area contributed by atoms with Crippen molar-refractivity contribution in [1.82, 2.24) is 15.0 Å². The van der Waals surface area contributed by atoms with E-state index in [9.17, 15) is 0 Å². The minimum absolute atomic E-state index is 0.253. The first-order valence-corrected chi connectivity index (χ1v) is 7.73. The zero-order valence-corrected chi connectivity index (χ0v) is 13.2. The van der Waals surface area contributed by atoms with E-state index in [4.69, 9.17) is 0 Å². The van der Waals surface area contributed by atoms with Crippen molar-refractivity contribution in [2.75, 3.05) is 17.2 Å². The molecule has 0 aromatic carbocycles. The molecular formula is C14H21N5S. The van der Waals surface area contributed by atoms with Crippen LogP contribution in [-0.2, 0) is 12.0 Å². The molecule has 0 bridgehead atoms. The molecule has 2 aromatic heterocycles. The highest BCUT2D eigenvalue weighted by molar-refractivity contribution is 7.09. The van der Waals surface area contributed by atoms with Crippen LogP contribution in [0.2, 0.25) is 0 Å². The summed E-state index contributed by atoms with van der Waals surface area (Å²) in [6.45, 7) is 9.16. The predicted molar refractivity (Wildman–Crippen MR) is 84.3 cm³/mol. The SMILES string of the molecule is CCNc1cc(NC(C)(C)c2nccs2)nc(CC)n1. The van der Waals surface area contributed by atoms with Gasteiger partial charge in [0, 0.05) is 30.6 Å².